The van der Waals surface area contributed by atoms with Crippen molar-refractivity contribution in [1.29, 1.82) is 0 Å². The molecule has 0 saturated heterocycles. The highest BCUT2D eigenvalue weighted by Gasteiger charge is 2.24. The quantitative estimate of drug-likeness (QED) is 0.766. The second-order valence-electron chi connectivity index (χ2n) is 4.83. The molecule has 1 aromatic heterocycles. The third kappa shape index (κ3) is 2.29. The first kappa shape index (κ1) is 13.7. The molecule has 0 saturated carbocycles. The molecule has 0 spiro atoms. The Bertz CT molecular complexity index is 800. The number of halogens is 3. The fraction of sp³-hybridized carbons (Fsp3) is 0.125. The van der Waals surface area contributed by atoms with Crippen LogP contribution < -0.4 is 0 Å². The van der Waals surface area contributed by atoms with Crippen LogP contribution in [0.4, 0.5) is 13.2 Å². The highest BCUT2D eigenvalue weighted by atomic mass is 19.1. The Morgan fingerprint density at radius 2 is 1.71 bits per heavy atom. The largest absolute Gasteiger partial charge is 0.458 e. The third-order valence-corrected chi connectivity index (χ3v) is 3.35. The van der Waals surface area contributed by atoms with Gasteiger partial charge >= 0.3 is 0 Å². The van der Waals surface area contributed by atoms with Crippen LogP contribution in [0.1, 0.15) is 23.0 Å². The van der Waals surface area contributed by atoms with E-state index in [-0.39, 0.29) is 5.76 Å². The van der Waals surface area contributed by atoms with Gasteiger partial charge in [-0.25, -0.2) is 13.2 Å². The Hall–Kier alpha value is -2.27. The summed E-state index contributed by atoms with van der Waals surface area (Å²) < 4.78 is 45.8. The SMILES string of the molecule is Cc1cccc2cc(C(O)c3c(F)cc(F)cc3F)oc12. The van der Waals surface area contributed by atoms with Crippen molar-refractivity contribution in [3.05, 3.63) is 70.7 Å². The first-order valence-electron chi connectivity index (χ1n) is 6.29. The molecule has 1 N–H and O–H groups in total. The van der Waals surface area contributed by atoms with Crippen molar-refractivity contribution >= 4 is 11.0 Å². The molecular weight excluding hydrogens is 281 g/mol. The van der Waals surface area contributed by atoms with E-state index in [0.29, 0.717) is 23.1 Å². The third-order valence-electron chi connectivity index (χ3n) is 3.35. The topological polar surface area (TPSA) is 33.4 Å². The van der Waals surface area contributed by atoms with Crippen molar-refractivity contribution in [3.63, 3.8) is 0 Å². The van der Waals surface area contributed by atoms with Gasteiger partial charge in [0.25, 0.3) is 0 Å². The van der Waals surface area contributed by atoms with Crippen molar-refractivity contribution in [2.75, 3.05) is 0 Å². The predicted molar refractivity (Wildman–Crippen MR) is 71.3 cm³/mol. The Labute approximate surface area is 118 Å². The molecule has 0 fully saturated rings. The molecule has 0 amide bonds. The van der Waals surface area contributed by atoms with Crippen molar-refractivity contribution < 1.29 is 22.7 Å². The molecule has 0 aliphatic rings. The van der Waals surface area contributed by atoms with E-state index < -0.39 is 29.1 Å². The van der Waals surface area contributed by atoms with E-state index in [2.05, 4.69) is 0 Å². The zero-order valence-corrected chi connectivity index (χ0v) is 11.0. The van der Waals surface area contributed by atoms with Gasteiger partial charge in [-0.3, -0.25) is 0 Å². The molecule has 0 aliphatic heterocycles. The maximum Gasteiger partial charge on any atom is 0.142 e. The average Bonchev–Trinajstić information content (AvgIpc) is 2.82. The van der Waals surface area contributed by atoms with Gasteiger partial charge in [0, 0.05) is 17.5 Å². The fourth-order valence-corrected chi connectivity index (χ4v) is 2.32. The van der Waals surface area contributed by atoms with E-state index in [9.17, 15) is 18.3 Å². The number of furan rings is 1. The number of benzene rings is 2. The first-order chi connectivity index (χ1) is 9.97. The highest BCUT2D eigenvalue weighted by molar-refractivity contribution is 5.81. The summed E-state index contributed by atoms with van der Waals surface area (Å²) in [6.45, 7) is 1.82. The molecule has 2 nitrogen and oxygen atoms in total. The summed E-state index contributed by atoms with van der Waals surface area (Å²) in [4.78, 5) is 0. The molecule has 0 bridgehead atoms. The van der Waals surface area contributed by atoms with Crippen LogP contribution in [0.2, 0.25) is 0 Å². The first-order valence-corrected chi connectivity index (χ1v) is 6.29. The number of rotatable bonds is 2. The summed E-state index contributed by atoms with van der Waals surface area (Å²) in [5.41, 5.74) is 0.744. The minimum Gasteiger partial charge on any atom is -0.458 e. The minimum atomic E-state index is -1.64. The van der Waals surface area contributed by atoms with Crippen molar-refractivity contribution in [2.45, 2.75) is 13.0 Å². The van der Waals surface area contributed by atoms with Gasteiger partial charge in [-0.05, 0) is 18.6 Å². The second kappa shape index (κ2) is 4.93. The van der Waals surface area contributed by atoms with Gasteiger partial charge in [0.1, 0.15) is 34.9 Å². The number of fused-ring (bicyclic) bond motifs is 1. The molecule has 21 heavy (non-hydrogen) atoms. The lowest BCUT2D eigenvalue weighted by Gasteiger charge is -2.10. The summed E-state index contributed by atoms with van der Waals surface area (Å²) in [6, 6.07) is 7.95. The monoisotopic (exact) mass is 292 g/mol. The van der Waals surface area contributed by atoms with Crippen LogP contribution in [0.25, 0.3) is 11.0 Å². The van der Waals surface area contributed by atoms with E-state index in [0.717, 1.165) is 5.56 Å². The van der Waals surface area contributed by atoms with Gasteiger partial charge in [0.2, 0.25) is 0 Å². The standard InChI is InChI=1S/C16H11F3O2/c1-8-3-2-4-9-5-13(21-16(8)9)15(20)14-11(18)6-10(17)7-12(14)19/h2-7,15,20H,1H3. The number of aliphatic hydroxyl groups excluding tert-OH is 1. The molecule has 1 heterocycles. The van der Waals surface area contributed by atoms with Crippen LogP contribution in [0.5, 0.6) is 0 Å². The van der Waals surface area contributed by atoms with Crippen LogP contribution in [0.15, 0.2) is 40.8 Å². The number of para-hydroxylation sites is 1. The Morgan fingerprint density at radius 3 is 2.33 bits per heavy atom. The number of aryl methyl sites for hydroxylation is 1. The smallest absolute Gasteiger partial charge is 0.142 e. The van der Waals surface area contributed by atoms with Crippen LogP contribution in [0, 0.1) is 24.4 Å². The Kier molecular flexibility index (Phi) is 3.22. The van der Waals surface area contributed by atoms with Gasteiger partial charge in [0.15, 0.2) is 0 Å². The molecule has 5 heteroatoms. The van der Waals surface area contributed by atoms with E-state index in [1.54, 1.807) is 6.07 Å². The normalized spacial score (nSPS) is 12.8. The van der Waals surface area contributed by atoms with Crippen LogP contribution in [-0.2, 0) is 0 Å². The van der Waals surface area contributed by atoms with E-state index >= 15 is 0 Å². The Balaban J connectivity index is 2.12. The predicted octanol–water partition coefficient (Wildman–Crippen LogP) is 4.24. The maximum absolute atomic E-state index is 13.7. The number of hydrogen-bond donors (Lipinski definition) is 1. The van der Waals surface area contributed by atoms with Crippen molar-refractivity contribution in [2.24, 2.45) is 0 Å². The number of aliphatic hydroxyl groups is 1. The molecule has 1 atom stereocenters. The van der Waals surface area contributed by atoms with Crippen molar-refractivity contribution in [3.8, 4) is 0 Å². The second-order valence-corrected chi connectivity index (χ2v) is 4.83. The van der Waals surface area contributed by atoms with E-state index in [1.165, 1.54) is 6.07 Å². The average molecular weight is 292 g/mol. The lowest BCUT2D eigenvalue weighted by Crippen LogP contribution is -2.05. The minimum absolute atomic E-state index is 0.00343. The molecule has 3 aromatic rings. The lowest BCUT2D eigenvalue weighted by atomic mass is 10.1. The van der Waals surface area contributed by atoms with Crippen LogP contribution in [-0.4, -0.2) is 5.11 Å². The fourth-order valence-electron chi connectivity index (χ4n) is 2.32. The summed E-state index contributed by atoms with van der Waals surface area (Å²) in [6.07, 6.45) is -1.64. The summed E-state index contributed by atoms with van der Waals surface area (Å²) in [7, 11) is 0. The van der Waals surface area contributed by atoms with Gasteiger partial charge in [-0.15, -0.1) is 0 Å². The maximum atomic E-state index is 13.7. The van der Waals surface area contributed by atoms with Crippen LogP contribution in [0.3, 0.4) is 0 Å². The zero-order chi connectivity index (χ0) is 15.1. The van der Waals surface area contributed by atoms with Gasteiger partial charge in [0.05, 0.1) is 5.56 Å². The lowest BCUT2D eigenvalue weighted by molar-refractivity contribution is 0.182. The van der Waals surface area contributed by atoms with E-state index in [1.807, 2.05) is 19.1 Å². The van der Waals surface area contributed by atoms with E-state index in [4.69, 9.17) is 4.42 Å². The summed E-state index contributed by atoms with van der Waals surface area (Å²) >= 11 is 0. The molecule has 0 radical (unpaired) electrons. The summed E-state index contributed by atoms with van der Waals surface area (Å²) in [5.74, 6) is -3.35. The van der Waals surface area contributed by atoms with Gasteiger partial charge in [-0.2, -0.15) is 0 Å². The number of hydrogen-bond acceptors (Lipinski definition) is 2. The van der Waals surface area contributed by atoms with Gasteiger partial charge < -0.3 is 9.52 Å². The molecule has 3 rings (SSSR count). The van der Waals surface area contributed by atoms with Gasteiger partial charge in [-0.1, -0.05) is 18.2 Å². The summed E-state index contributed by atoms with van der Waals surface area (Å²) in [5, 5.41) is 10.9. The van der Waals surface area contributed by atoms with Crippen molar-refractivity contribution in [1.82, 2.24) is 0 Å². The molecular formula is C16H11F3O2. The molecule has 2 aromatic carbocycles. The molecule has 1 unspecified atom stereocenters. The molecule has 108 valence electrons. The van der Waals surface area contributed by atoms with Crippen LogP contribution >= 0.6 is 0 Å². The highest BCUT2D eigenvalue weighted by Crippen LogP contribution is 2.32. The Morgan fingerprint density at radius 1 is 1.05 bits per heavy atom. The zero-order valence-electron chi connectivity index (χ0n) is 11.0. The molecule has 0 aliphatic carbocycles.